The number of hydrogen-bond acceptors (Lipinski definition) is 5. The topological polar surface area (TPSA) is 81.4 Å². The molecule has 1 atom stereocenters. The van der Waals surface area contributed by atoms with Crippen LogP contribution in [-0.4, -0.2) is 22.9 Å². The van der Waals surface area contributed by atoms with E-state index in [0.29, 0.717) is 29.3 Å². The van der Waals surface area contributed by atoms with Crippen LogP contribution in [-0.2, 0) is 22.6 Å². The van der Waals surface area contributed by atoms with Crippen LogP contribution in [0.1, 0.15) is 27.4 Å². The first-order chi connectivity index (χ1) is 16.1. The second-order valence-corrected chi connectivity index (χ2v) is 7.58. The molecule has 166 valence electrons. The number of amides is 1. The summed E-state index contributed by atoms with van der Waals surface area (Å²) in [5.74, 6) is 0.177. The summed E-state index contributed by atoms with van der Waals surface area (Å²) in [7, 11) is 0. The minimum atomic E-state index is -0.846. The molecule has 0 aliphatic carbocycles. The number of oxazole rings is 1. The molecule has 0 fully saturated rings. The van der Waals surface area contributed by atoms with Crippen LogP contribution < -0.4 is 5.32 Å². The van der Waals surface area contributed by atoms with E-state index in [2.05, 4.69) is 10.3 Å². The molecule has 33 heavy (non-hydrogen) atoms. The lowest BCUT2D eigenvalue weighted by Crippen LogP contribution is -2.43. The van der Waals surface area contributed by atoms with Crippen molar-refractivity contribution in [2.45, 2.75) is 26.0 Å². The highest BCUT2D eigenvalue weighted by Gasteiger charge is 2.24. The van der Waals surface area contributed by atoms with Crippen molar-refractivity contribution < 1.29 is 18.7 Å². The van der Waals surface area contributed by atoms with Crippen LogP contribution in [0.5, 0.6) is 0 Å². The summed E-state index contributed by atoms with van der Waals surface area (Å²) in [4.78, 5) is 30.1. The van der Waals surface area contributed by atoms with Gasteiger partial charge >= 0.3 is 5.97 Å². The molecule has 1 N–H and O–H groups in total. The number of hydrogen-bond donors (Lipinski definition) is 1. The molecular formula is C27H24N2O4. The first kappa shape index (κ1) is 22.0. The van der Waals surface area contributed by atoms with E-state index in [0.717, 1.165) is 11.1 Å². The number of carbonyl (C=O) groups excluding carboxylic acids is 2. The van der Waals surface area contributed by atoms with Gasteiger partial charge in [-0.05, 0) is 36.8 Å². The van der Waals surface area contributed by atoms with E-state index in [-0.39, 0.29) is 12.5 Å². The van der Waals surface area contributed by atoms with Crippen LogP contribution in [0.4, 0.5) is 0 Å². The number of nitrogens with zero attached hydrogens (tertiary/aromatic N) is 1. The van der Waals surface area contributed by atoms with Crippen LogP contribution in [0.25, 0.3) is 11.5 Å². The van der Waals surface area contributed by atoms with Gasteiger partial charge in [-0.2, -0.15) is 0 Å². The smallest absolute Gasteiger partial charge is 0.329 e. The maximum atomic E-state index is 13.0. The Morgan fingerprint density at radius 2 is 1.52 bits per heavy atom. The maximum absolute atomic E-state index is 13.0. The molecule has 1 heterocycles. The zero-order chi connectivity index (χ0) is 23.0. The van der Waals surface area contributed by atoms with Crippen molar-refractivity contribution in [3.05, 3.63) is 114 Å². The van der Waals surface area contributed by atoms with Crippen molar-refractivity contribution in [2.75, 3.05) is 0 Å². The van der Waals surface area contributed by atoms with Gasteiger partial charge < -0.3 is 14.5 Å². The SMILES string of the molecule is Cc1oc(-c2ccccc2)nc1COC(=O)C(Cc1ccccc1)NC(=O)c1ccccc1. The lowest BCUT2D eigenvalue weighted by atomic mass is 10.1. The number of rotatable bonds is 8. The van der Waals surface area contributed by atoms with Crippen molar-refractivity contribution in [3.63, 3.8) is 0 Å². The molecule has 4 aromatic rings. The Bertz CT molecular complexity index is 1200. The highest BCUT2D eigenvalue weighted by molar-refractivity contribution is 5.96. The molecule has 0 saturated carbocycles. The molecule has 1 aromatic heterocycles. The molecular weight excluding hydrogens is 416 g/mol. The molecule has 4 rings (SSSR count). The number of ether oxygens (including phenoxy) is 1. The number of carbonyl (C=O) groups is 2. The van der Waals surface area contributed by atoms with E-state index in [4.69, 9.17) is 9.15 Å². The summed E-state index contributed by atoms with van der Waals surface area (Å²) in [6.07, 6.45) is 0.311. The third-order valence-corrected chi connectivity index (χ3v) is 5.17. The summed E-state index contributed by atoms with van der Waals surface area (Å²) in [6.45, 7) is 1.73. The zero-order valence-corrected chi connectivity index (χ0v) is 18.2. The van der Waals surface area contributed by atoms with Gasteiger partial charge in [0, 0.05) is 17.5 Å². The Balaban J connectivity index is 1.47. The molecule has 3 aromatic carbocycles. The second kappa shape index (κ2) is 10.4. The predicted molar refractivity (Wildman–Crippen MR) is 124 cm³/mol. The third-order valence-electron chi connectivity index (χ3n) is 5.17. The van der Waals surface area contributed by atoms with Crippen molar-refractivity contribution in [1.82, 2.24) is 10.3 Å². The minimum absolute atomic E-state index is 0.0481. The molecule has 0 aliphatic rings. The molecule has 6 heteroatoms. The van der Waals surface area contributed by atoms with Crippen LogP contribution in [0.3, 0.4) is 0 Å². The average Bonchev–Trinajstić information content (AvgIpc) is 3.24. The Morgan fingerprint density at radius 3 is 2.18 bits per heavy atom. The molecule has 6 nitrogen and oxygen atoms in total. The number of aryl methyl sites for hydroxylation is 1. The van der Waals surface area contributed by atoms with E-state index in [1.807, 2.05) is 66.7 Å². The normalized spacial score (nSPS) is 11.5. The molecule has 0 saturated heterocycles. The summed E-state index contributed by atoms with van der Waals surface area (Å²) in [6, 6.07) is 26.9. The standard InChI is InChI=1S/C27H24N2O4/c1-19-24(29-26(33-19)22-15-9-4-10-16-22)18-32-27(31)23(17-20-11-5-2-6-12-20)28-25(30)21-13-7-3-8-14-21/h2-16,23H,17-18H2,1H3,(H,28,30). The summed E-state index contributed by atoms with van der Waals surface area (Å²) in [5, 5.41) is 2.81. The molecule has 0 radical (unpaired) electrons. The van der Waals surface area contributed by atoms with Gasteiger partial charge in [0.15, 0.2) is 0 Å². The van der Waals surface area contributed by atoms with E-state index < -0.39 is 12.0 Å². The fraction of sp³-hybridized carbons (Fsp3) is 0.148. The van der Waals surface area contributed by atoms with Gasteiger partial charge in [0.05, 0.1) is 0 Å². The van der Waals surface area contributed by atoms with Gasteiger partial charge in [-0.25, -0.2) is 9.78 Å². The summed E-state index contributed by atoms with van der Waals surface area (Å²) >= 11 is 0. The van der Waals surface area contributed by atoms with Gasteiger partial charge in [0.1, 0.15) is 24.1 Å². The third kappa shape index (κ3) is 5.74. The lowest BCUT2D eigenvalue weighted by molar-refractivity contribution is -0.147. The van der Waals surface area contributed by atoms with Gasteiger partial charge in [0.25, 0.3) is 5.91 Å². The van der Waals surface area contributed by atoms with Crippen molar-refractivity contribution in [3.8, 4) is 11.5 Å². The number of nitrogens with one attached hydrogen (secondary N) is 1. The Hall–Kier alpha value is -4.19. The largest absolute Gasteiger partial charge is 0.457 e. The van der Waals surface area contributed by atoms with Crippen molar-refractivity contribution in [1.29, 1.82) is 0 Å². The summed E-state index contributed by atoms with van der Waals surface area (Å²) in [5.41, 5.74) is 2.77. The fourth-order valence-corrected chi connectivity index (χ4v) is 3.38. The summed E-state index contributed by atoms with van der Waals surface area (Å²) < 4.78 is 11.3. The minimum Gasteiger partial charge on any atom is -0.457 e. The fourth-order valence-electron chi connectivity index (χ4n) is 3.38. The first-order valence-electron chi connectivity index (χ1n) is 10.7. The van der Waals surface area contributed by atoms with E-state index in [1.165, 1.54) is 0 Å². The Kier molecular flexibility index (Phi) is 6.95. The Labute approximate surface area is 192 Å². The quantitative estimate of drug-likeness (QED) is 0.401. The average molecular weight is 440 g/mol. The zero-order valence-electron chi connectivity index (χ0n) is 18.2. The van der Waals surface area contributed by atoms with E-state index >= 15 is 0 Å². The highest BCUT2D eigenvalue weighted by atomic mass is 16.5. The van der Waals surface area contributed by atoms with Gasteiger partial charge in [-0.1, -0.05) is 66.7 Å². The second-order valence-electron chi connectivity index (χ2n) is 7.58. The molecule has 0 bridgehead atoms. The van der Waals surface area contributed by atoms with E-state index in [9.17, 15) is 9.59 Å². The van der Waals surface area contributed by atoms with Crippen molar-refractivity contribution in [2.24, 2.45) is 0 Å². The highest BCUT2D eigenvalue weighted by Crippen LogP contribution is 2.22. The molecule has 0 spiro atoms. The van der Waals surface area contributed by atoms with E-state index in [1.54, 1.807) is 31.2 Å². The van der Waals surface area contributed by atoms with Crippen LogP contribution >= 0.6 is 0 Å². The monoisotopic (exact) mass is 440 g/mol. The number of esters is 1. The van der Waals surface area contributed by atoms with Gasteiger partial charge in [0.2, 0.25) is 5.89 Å². The maximum Gasteiger partial charge on any atom is 0.329 e. The van der Waals surface area contributed by atoms with Crippen molar-refractivity contribution >= 4 is 11.9 Å². The first-order valence-corrected chi connectivity index (χ1v) is 10.7. The van der Waals surface area contributed by atoms with Crippen LogP contribution in [0, 0.1) is 6.92 Å². The van der Waals surface area contributed by atoms with Crippen LogP contribution in [0.15, 0.2) is 95.4 Å². The number of aromatic nitrogens is 1. The predicted octanol–water partition coefficient (Wildman–Crippen LogP) is 4.73. The van der Waals surface area contributed by atoms with Crippen LogP contribution in [0.2, 0.25) is 0 Å². The van der Waals surface area contributed by atoms with Gasteiger partial charge in [-0.15, -0.1) is 0 Å². The Morgan fingerprint density at radius 1 is 0.909 bits per heavy atom. The molecule has 0 aliphatic heterocycles. The molecule has 1 amide bonds. The number of benzene rings is 3. The molecule has 1 unspecified atom stereocenters. The van der Waals surface area contributed by atoms with Gasteiger partial charge in [-0.3, -0.25) is 4.79 Å². The lowest BCUT2D eigenvalue weighted by Gasteiger charge is -2.18.